The summed E-state index contributed by atoms with van der Waals surface area (Å²) in [6.45, 7) is 0. The first-order valence-corrected chi connectivity index (χ1v) is 14.2. The summed E-state index contributed by atoms with van der Waals surface area (Å²) in [5, 5.41) is 8.93. The molecule has 3 aliphatic rings. The topological polar surface area (TPSA) is 28.2 Å². The molecule has 9 heteroatoms. The van der Waals surface area contributed by atoms with Crippen molar-refractivity contribution >= 4 is 18.6 Å². The molecule has 6 atom stereocenters. The van der Waals surface area contributed by atoms with E-state index in [1.165, 1.54) is 0 Å². The molecule has 3 saturated carbocycles. The van der Waals surface area contributed by atoms with Crippen LogP contribution in [0.5, 0.6) is 0 Å². The number of halogens is 6. The minimum atomic E-state index is -1.24. The van der Waals surface area contributed by atoms with Crippen LogP contribution in [0.25, 0.3) is 10.6 Å². The van der Waals surface area contributed by atoms with Gasteiger partial charge in [-0.1, -0.05) is 37.8 Å². The Hall–Kier alpha value is 0.934. The summed E-state index contributed by atoms with van der Waals surface area (Å²) in [4.78, 5) is 0. The molecule has 6 unspecified atom stereocenters. The monoisotopic (exact) mass is 466 g/mol. The van der Waals surface area contributed by atoms with Gasteiger partial charge in [0.25, 0.3) is 0 Å². The van der Waals surface area contributed by atoms with Gasteiger partial charge in [0.15, 0.2) is 0 Å². The van der Waals surface area contributed by atoms with Crippen molar-refractivity contribution in [1.29, 1.82) is 0 Å². The van der Waals surface area contributed by atoms with Gasteiger partial charge in [0.05, 0.1) is 24.7 Å². The van der Waals surface area contributed by atoms with Gasteiger partial charge < -0.3 is 10.6 Å². The van der Waals surface area contributed by atoms with Gasteiger partial charge in [-0.2, -0.15) is 12.1 Å². The number of rotatable bonds is 4. The quantitative estimate of drug-likeness (QED) is 0.319. The second kappa shape index (κ2) is 12.6. The molecule has 0 heterocycles. The predicted molar refractivity (Wildman–Crippen MR) is 99.3 cm³/mol. The Morgan fingerprint density at radius 3 is 1.15 bits per heavy atom. The third kappa shape index (κ3) is 7.29. The van der Waals surface area contributed by atoms with E-state index in [2.05, 4.69) is 10.6 Å². The molecule has 0 aliphatic heterocycles. The van der Waals surface area contributed by atoms with Crippen LogP contribution in [0.2, 0.25) is 0 Å². The Balaban J connectivity index is 0.000000817. The van der Waals surface area contributed by atoms with E-state index >= 15 is 0 Å². The van der Waals surface area contributed by atoms with Gasteiger partial charge in [-0.05, 0) is 38.5 Å². The van der Waals surface area contributed by atoms with Crippen molar-refractivity contribution in [3.8, 4) is 0 Å². The Labute approximate surface area is 176 Å². The number of hydrogen-bond donors (Lipinski definition) is 0. The summed E-state index contributed by atoms with van der Waals surface area (Å²) in [7, 11) is 9.78. The zero-order chi connectivity index (χ0) is 19.8. The maximum absolute atomic E-state index is 14.1. The fraction of sp³-hybridized carbons (Fsp3) is 1.00. The average Bonchev–Trinajstić information content (AvgIpc) is 2.63. The van der Waals surface area contributed by atoms with Gasteiger partial charge in [0, 0.05) is 0 Å². The van der Waals surface area contributed by atoms with Gasteiger partial charge in [0.1, 0.15) is 0 Å². The van der Waals surface area contributed by atoms with Crippen molar-refractivity contribution in [2.75, 3.05) is 0 Å². The first-order chi connectivity index (χ1) is 13.0. The molecule has 0 spiro atoms. The van der Waals surface area contributed by atoms with Crippen molar-refractivity contribution in [2.24, 2.45) is 0 Å². The van der Waals surface area contributed by atoms with Crippen LogP contribution in [0.4, 0.5) is 17.6 Å². The van der Waals surface area contributed by atoms with Crippen LogP contribution in [0.15, 0.2) is 0 Å². The summed E-state index contributed by atoms with van der Waals surface area (Å²) in [6.07, 6.45) is 0.850. The van der Waals surface area contributed by atoms with Crippen LogP contribution in [0.3, 0.4) is 0 Å². The van der Waals surface area contributed by atoms with Crippen LogP contribution in [-0.2, 0) is 17.0 Å². The molecular weight excluding hydrogens is 439 g/mol. The number of alkyl halides is 4. The molecule has 0 amide bonds. The summed E-state index contributed by atoms with van der Waals surface area (Å²) in [5.41, 5.74) is 0. The Morgan fingerprint density at radius 1 is 0.556 bits per heavy atom. The first-order valence-electron chi connectivity index (χ1n) is 9.90. The average molecular weight is 467 g/mol. The molecule has 27 heavy (non-hydrogen) atoms. The van der Waals surface area contributed by atoms with E-state index in [9.17, 15) is 17.6 Å². The molecular formula is C18H28Cl2F4N2Ti-2. The third-order valence-corrected chi connectivity index (χ3v) is 5.82. The second-order valence-corrected chi connectivity index (χ2v) is 10.3. The molecule has 3 fully saturated rings. The van der Waals surface area contributed by atoms with Crippen molar-refractivity contribution in [2.45, 2.75) is 113 Å². The maximum atomic E-state index is 14.1. The molecule has 0 bridgehead atoms. The molecule has 3 rings (SSSR count). The van der Waals surface area contributed by atoms with E-state index in [4.69, 9.17) is 18.6 Å². The molecule has 0 aromatic rings. The molecule has 0 radical (unpaired) electrons. The zero-order valence-electron chi connectivity index (χ0n) is 15.4. The standard InChI is InChI=1S/C18H28F4N2.2ClH.Ti/c19-11-5-3-6-12(20)17(11)23-15-9-1-2-10-16(15)24-18-13(21)7-4-8-14(18)22;;;/h11-18H,1-10H2;2*1H;/q-2;;;+2/p-2. The summed E-state index contributed by atoms with van der Waals surface area (Å²) in [5.74, 6) is 0. The molecule has 0 N–H and O–H groups in total. The SMILES string of the molecule is FC1CCCC(F)C1[N-]C1CCCCC1[N-]C1C(F)CCCC1F.[Cl][Ti][Cl]. The molecule has 0 aromatic carbocycles. The summed E-state index contributed by atoms with van der Waals surface area (Å²) in [6, 6.07) is -2.43. The fourth-order valence-electron chi connectivity index (χ4n) is 4.41. The second-order valence-electron chi connectivity index (χ2n) is 7.70. The van der Waals surface area contributed by atoms with Gasteiger partial charge in [-0.15, -0.1) is 0 Å². The van der Waals surface area contributed by atoms with E-state index < -0.39 is 53.8 Å². The van der Waals surface area contributed by atoms with E-state index in [0.717, 1.165) is 12.8 Å². The van der Waals surface area contributed by atoms with Crippen LogP contribution in [0, 0.1) is 0 Å². The van der Waals surface area contributed by atoms with E-state index in [-0.39, 0.29) is 12.1 Å². The van der Waals surface area contributed by atoms with Gasteiger partial charge in [-0.3, -0.25) is 0 Å². The zero-order valence-corrected chi connectivity index (χ0v) is 18.4. The van der Waals surface area contributed by atoms with Crippen LogP contribution >= 0.6 is 18.6 Å². The van der Waals surface area contributed by atoms with E-state index in [1.54, 1.807) is 0 Å². The molecule has 158 valence electrons. The minimum absolute atomic E-state index is 0.292. The number of nitrogens with zero attached hydrogens (tertiary/aromatic N) is 2. The van der Waals surface area contributed by atoms with Crippen molar-refractivity contribution < 1.29 is 34.6 Å². The predicted octanol–water partition coefficient (Wildman–Crippen LogP) is 6.88. The summed E-state index contributed by atoms with van der Waals surface area (Å²) >= 11 is -0.556. The summed E-state index contributed by atoms with van der Waals surface area (Å²) < 4.78 is 56.3. The molecule has 0 saturated heterocycles. The fourth-order valence-corrected chi connectivity index (χ4v) is 4.41. The van der Waals surface area contributed by atoms with Crippen molar-refractivity contribution in [3.63, 3.8) is 0 Å². The van der Waals surface area contributed by atoms with Crippen LogP contribution < -0.4 is 0 Å². The molecule has 3 aliphatic carbocycles. The molecule has 2 nitrogen and oxygen atoms in total. The Bertz CT molecular complexity index is 371. The normalized spacial score (nSPS) is 42.7. The van der Waals surface area contributed by atoms with Crippen LogP contribution in [0.1, 0.15) is 64.2 Å². The van der Waals surface area contributed by atoms with Crippen molar-refractivity contribution in [3.05, 3.63) is 10.6 Å². The van der Waals surface area contributed by atoms with Gasteiger partial charge in [-0.25, -0.2) is 17.6 Å². The molecule has 0 aromatic heterocycles. The van der Waals surface area contributed by atoms with Crippen LogP contribution in [-0.4, -0.2) is 48.9 Å². The van der Waals surface area contributed by atoms with E-state index in [0.29, 0.717) is 51.4 Å². The van der Waals surface area contributed by atoms with Crippen molar-refractivity contribution in [1.82, 2.24) is 0 Å². The van der Waals surface area contributed by atoms with Gasteiger partial charge >= 0.3 is 35.6 Å². The first kappa shape index (κ1) is 24.2. The Morgan fingerprint density at radius 2 is 0.852 bits per heavy atom. The van der Waals surface area contributed by atoms with E-state index in [1.807, 2.05) is 0 Å². The van der Waals surface area contributed by atoms with Gasteiger partial charge in [0.2, 0.25) is 0 Å². The third-order valence-electron chi connectivity index (χ3n) is 5.82. The number of hydrogen-bond acceptors (Lipinski definition) is 0. The Kier molecular flexibility index (Phi) is 11.3.